The Balaban J connectivity index is 2.20. The van der Waals surface area contributed by atoms with Crippen LogP contribution in [0.3, 0.4) is 0 Å². The molecule has 0 saturated heterocycles. The second-order valence-electron chi connectivity index (χ2n) is 5.01. The number of nitrogens with two attached hydrogens (primary N) is 1. The fourth-order valence-corrected chi connectivity index (χ4v) is 2.09. The third-order valence-electron chi connectivity index (χ3n) is 3.32. The molecule has 0 unspecified atom stereocenters. The van der Waals surface area contributed by atoms with Gasteiger partial charge in [-0.05, 0) is 43.2 Å². The van der Waals surface area contributed by atoms with Crippen LogP contribution in [0.25, 0.3) is 0 Å². The molecule has 1 atom stereocenters. The van der Waals surface area contributed by atoms with Crippen LogP contribution in [0.2, 0.25) is 0 Å². The molecule has 0 amide bonds. The molecule has 0 spiro atoms. The Hall–Kier alpha value is -2.38. The van der Waals surface area contributed by atoms with Crippen LogP contribution in [0.1, 0.15) is 35.2 Å². The van der Waals surface area contributed by atoms with Gasteiger partial charge in [-0.3, -0.25) is 0 Å². The van der Waals surface area contributed by atoms with E-state index in [1.807, 2.05) is 19.9 Å². The summed E-state index contributed by atoms with van der Waals surface area (Å²) < 4.78 is 19.1. The molecule has 2 aromatic carbocycles. The Morgan fingerprint density at radius 1 is 1.29 bits per heavy atom. The second-order valence-corrected chi connectivity index (χ2v) is 5.01. The molecule has 0 aliphatic heterocycles. The van der Waals surface area contributed by atoms with Gasteiger partial charge in [0.15, 0.2) is 0 Å². The summed E-state index contributed by atoms with van der Waals surface area (Å²) in [5, 5.41) is 8.85. The third-order valence-corrected chi connectivity index (χ3v) is 3.32. The summed E-state index contributed by atoms with van der Waals surface area (Å²) in [6.07, 6.45) is 0. The van der Waals surface area contributed by atoms with Crippen LogP contribution >= 0.6 is 0 Å². The molecule has 3 nitrogen and oxygen atoms in total. The average Bonchev–Trinajstić information content (AvgIpc) is 2.45. The molecule has 0 aliphatic carbocycles. The molecule has 0 aromatic heterocycles. The van der Waals surface area contributed by atoms with Gasteiger partial charge in [-0.2, -0.15) is 5.26 Å². The number of benzene rings is 2. The zero-order chi connectivity index (χ0) is 15.4. The third kappa shape index (κ3) is 3.59. The number of halogens is 1. The van der Waals surface area contributed by atoms with E-state index in [0.717, 1.165) is 16.7 Å². The molecule has 0 bridgehead atoms. The minimum atomic E-state index is -0.356. The minimum Gasteiger partial charge on any atom is -0.488 e. The smallest absolute Gasteiger partial charge is 0.127 e. The average molecular weight is 284 g/mol. The summed E-state index contributed by atoms with van der Waals surface area (Å²) in [4.78, 5) is 0. The van der Waals surface area contributed by atoms with Gasteiger partial charge in [-0.1, -0.05) is 12.1 Å². The number of nitrogens with zero attached hydrogens (tertiary/aromatic N) is 1. The Bertz CT molecular complexity index is 690. The predicted octanol–water partition coefficient (Wildman–Crippen LogP) is 3.60. The van der Waals surface area contributed by atoms with E-state index in [2.05, 4.69) is 6.07 Å². The summed E-state index contributed by atoms with van der Waals surface area (Å²) in [5.74, 6) is 0.0970. The first-order chi connectivity index (χ1) is 10.0. The van der Waals surface area contributed by atoms with Gasteiger partial charge in [-0.15, -0.1) is 0 Å². The SMILES string of the molecule is Cc1cc(C#N)ccc1COc1cc(F)ccc1[C@@H](C)N. The van der Waals surface area contributed by atoms with Gasteiger partial charge in [0.2, 0.25) is 0 Å². The van der Waals surface area contributed by atoms with Gasteiger partial charge in [0, 0.05) is 17.7 Å². The fourth-order valence-electron chi connectivity index (χ4n) is 2.09. The van der Waals surface area contributed by atoms with Crippen LogP contribution in [-0.2, 0) is 6.61 Å². The molecule has 0 saturated carbocycles. The lowest BCUT2D eigenvalue weighted by Crippen LogP contribution is -2.08. The van der Waals surface area contributed by atoms with Crippen molar-refractivity contribution >= 4 is 0 Å². The zero-order valence-electron chi connectivity index (χ0n) is 12.1. The molecular weight excluding hydrogens is 267 g/mol. The van der Waals surface area contributed by atoms with Gasteiger partial charge in [0.05, 0.1) is 11.6 Å². The van der Waals surface area contributed by atoms with E-state index < -0.39 is 0 Å². The van der Waals surface area contributed by atoms with Crippen LogP contribution in [0.4, 0.5) is 4.39 Å². The standard InChI is InChI=1S/C17H17FN2O/c1-11-7-13(9-19)3-4-14(11)10-21-17-8-15(18)5-6-16(17)12(2)20/h3-8,12H,10,20H2,1-2H3/t12-/m1/s1. The molecule has 0 heterocycles. The lowest BCUT2D eigenvalue weighted by molar-refractivity contribution is 0.299. The van der Waals surface area contributed by atoms with E-state index in [-0.39, 0.29) is 11.9 Å². The number of ether oxygens (including phenoxy) is 1. The molecule has 0 fully saturated rings. The lowest BCUT2D eigenvalue weighted by atomic mass is 10.1. The van der Waals surface area contributed by atoms with Crippen molar-refractivity contribution in [3.8, 4) is 11.8 Å². The number of hydrogen-bond acceptors (Lipinski definition) is 3. The van der Waals surface area contributed by atoms with E-state index in [1.54, 1.807) is 18.2 Å². The van der Waals surface area contributed by atoms with Crippen LogP contribution in [0.15, 0.2) is 36.4 Å². The molecule has 21 heavy (non-hydrogen) atoms. The highest BCUT2D eigenvalue weighted by Gasteiger charge is 2.10. The lowest BCUT2D eigenvalue weighted by Gasteiger charge is -2.15. The normalized spacial score (nSPS) is 11.8. The van der Waals surface area contributed by atoms with Crippen molar-refractivity contribution < 1.29 is 9.13 Å². The molecule has 2 aromatic rings. The highest BCUT2D eigenvalue weighted by molar-refractivity contribution is 5.39. The molecule has 4 heteroatoms. The van der Waals surface area contributed by atoms with E-state index >= 15 is 0 Å². The highest BCUT2D eigenvalue weighted by atomic mass is 19.1. The van der Waals surface area contributed by atoms with Crippen LogP contribution in [-0.4, -0.2) is 0 Å². The number of aryl methyl sites for hydroxylation is 1. The Labute approximate surface area is 123 Å². The first-order valence-electron chi connectivity index (χ1n) is 6.68. The number of nitriles is 1. The maximum absolute atomic E-state index is 13.4. The molecule has 108 valence electrons. The molecule has 2 N–H and O–H groups in total. The largest absolute Gasteiger partial charge is 0.488 e. The van der Waals surface area contributed by atoms with Crippen molar-refractivity contribution in [3.05, 3.63) is 64.5 Å². The van der Waals surface area contributed by atoms with Gasteiger partial charge in [0.1, 0.15) is 18.2 Å². The van der Waals surface area contributed by atoms with E-state index in [4.69, 9.17) is 15.7 Å². The fraction of sp³-hybridized carbons (Fsp3) is 0.235. The van der Waals surface area contributed by atoms with Crippen LogP contribution in [0.5, 0.6) is 5.75 Å². The van der Waals surface area contributed by atoms with E-state index in [9.17, 15) is 4.39 Å². The maximum atomic E-state index is 13.4. The maximum Gasteiger partial charge on any atom is 0.127 e. The quantitative estimate of drug-likeness (QED) is 0.933. The summed E-state index contributed by atoms with van der Waals surface area (Å²) in [5.41, 5.74) is 9.16. The summed E-state index contributed by atoms with van der Waals surface area (Å²) >= 11 is 0. The van der Waals surface area contributed by atoms with Crippen LogP contribution < -0.4 is 10.5 Å². The van der Waals surface area contributed by atoms with E-state index in [0.29, 0.717) is 17.9 Å². The monoisotopic (exact) mass is 284 g/mol. The second kappa shape index (κ2) is 6.38. The summed E-state index contributed by atoms with van der Waals surface area (Å²) in [6.45, 7) is 4.05. The Morgan fingerprint density at radius 3 is 2.67 bits per heavy atom. The minimum absolute atomic E-state index is 0.234. The molecule has 0 aliphatic rings. The van der Waals surface area contributed by atoms with Crippen LogP contribution in [0, 0.1) is 24.1 Å². The molecule has 2 rings (SSSR count). The van der Waals surface area contributed by atoms with Crippen molar-refractivity contribution in [1.82, 2.24) is 0 Å². The van der Waals surface area contributed by atoms with Crippen molar-refractivity contribution in [3.63, 3.8) is 0 Å². The highest BCUT2D eigenvalue weighted by Crippen LogP contribution is 2.26. The van der Waals surface area contributed by atoms with E-state index in [1.165, 1.54) is 12.1 Å². The van der Waals surface area contributed by atoms with Crippen molar-refractivity contribution in [2.75, 3.05) is 0 Å². The molecular formula is C17H17FN2O. The Morgan fingerprint density at radius 2 is 2.05 bits per heavy atom. The number of hydrogen-bond donors (Lipinski definition) is 1. The Kier molecular flexibility index (Phi) is 4.56. The summed E-state index contributed by atoms with van der Waals surface area (Å²) in [7, 11) is 0. The van der Waals surface area contributed by atoms with Gasteiger partial charge in [0.25, 0.3) is 0 Å². The first kappa shape index (κ1) is 15.0. The van der Waals surface area contributed by atoms with Crippen molar-refractivity contribution in [2.24, 2.45) is 5.73 Å². The summed E-state index contributed by atoms with van der Waals surface area (Å²) in [6, 6.07) is 11.6. The van der Waals surface area contributed by atoms with Gasteiger partial charge in [-0.25, -0.2) is 4.39 Å². The van der Waals surface area contributed by atoms with Crippen molar-refractivity contribution in [2.45, 2.75) is 26.5 Å². The van der Waals surface area contributed by atoms with Gasteiger partial charge >= 0.3 is 0 Å². The first-order valence-corrected chi connectivity index (χ1v) is 6.68. The topological polar surface area (TPSA) is 59.0 Å². The molecule has 0 radical (unpaired) electrons. The number of rotatable bonds is 4. The zero-order valence-corrected chi connectivity index (χ0v) is 12.1. The van der Waals surface area contributed by atoms with Gasteiger partial charge < -0.3 is 10.5 Å². The predicted molar refractivity (Wildman–Crippen MR) is 79.2 cm³/mol. The van der Waals surface area contributed by atoms with Crippen molar-refractivity contribution in [1.29, 1.82) is 5.26 Å².